The van der Waals surface area contributed by atoms with E-state index in [0.29, 0.717) is 18.7 Å². The fourth-order valence-corrected chi connectivity index (χ4v) is 1.89. The standard InChI is InChI=1S/C9H11N4O4P/c14-8(15)7-5-13-6(2-4-11-18(16)17)1-3-10-9(13)12-7/h1,3,5,18H,2,4H2,(H,14,15)(H2,11,16,17). The van der Waals surface area contributed by atoms with Crippen LogP contribution in [0.3, 0.4) is 0 Å². The Hall–Kier alpha value is -1.76. The molecule has 0 saturated heterocycles. The van der Waals surface area contributed by atoms with Crippen molar-refractivity contribution in [3.05, 3.63) is 29.8 Å². The first kappa shape index (κ1) is 12.7. The summed E-state index contributed by atoms with van der Waals surface area (Å²) in [6.45, 7) is 0.313. The van der Waals surface area contributed by atoms with E-state index in [-0.39, 0.29) is 5.69 Å². The number of carboxylic acid groups (broad SMARTS) is 1. The molecule has 0 radical (unpaired) electrons. The van der Waals surface area contributed by atoms with Crippen LogP contribution in [0, 0.1) is 0 Å². The Kier molecular flexibility index (Phi) is 3.71. The van der Waals surface area contributed by atoms with Crippen LogP contribution in [0.25, 0.3) is 5.78 Å². The minimum atomic E-state index is -2.70. The summed E-state index contributed by atoms with van der Waals surface area (Å²) >= 11 is 0. The fourth-order valence-electron chi connectivity index (χ4n) is 1.55. The van der Waals surface area contributed by atoms with E-state index in [9.17, 15) is 9.36 Å². The first-order valence-electron chi connectivity index (χ1n) is 5.11. The van der Waals surface area contributed by atoms with Crippen LogP contribution in [0.4, 0.5) is 0 Å². The van der Waals surface area contributed by atoms with Gasteiger partial charge in [-0.3, -0.25) is 8.97 Å². The monoisotopic (exact) mass is 270 g/mol. The molecule has 2 heterocycles. The maximum atomic E-state index is 10.8. The number of imidazole rings is 1. The van der Waals surface area contributed by atoms with Crippen LogP contribution in [0.1, 0.15) is 16.2 Å². The molecule has 1 atom stereocenters. The van der Waals surface area contributed by atoms with Gasteiger partial charge in [-0.2, -0.15) is 0 Å². The first-order valence-corrected chi connectivity index (χ1v) is 6.46. The van der Waals surface area contributed by atoms with Gasteiger partial charge in [0.15, 0.2) is 5.69 Å². The lowest BCUT2D eigenvalue weighted by atomic mass is 10.3. The second-order valence-electron chi connectivity index (χ2n) is 3.52. The topological polar surface area (TPSA) is 117 Å². The van der Waals surface area contributed by atoms with Gasteiger partial charge in [0.2, 0.25) is 5.78 Å². The molecule has 0 saturated carbocycles. The summed E-state index contributed by atoms with van der Waals surface area (Å²) in [6, 6.07) is 1.70. The molecule has 18 heavy (non-hydrogen) atoms. The van der Waals surface area contributed by atoms with E-state index in [1.165, 1.54) is 12.4 Å². The van der Waals surface area contributed by atoms with Crippen LogP contribution in [-0.4, -0.2) is 36.9 Å². The van der Waals surface area contributed by atoms with E-state index in [1.807, 2.05) is 0 Å². The van der Waals surface area contributed by atoms with Crippen LogP contribution in [-0.2, 0) is 11.0 Å². The number of rotatable bonds is 5. The summed E-state index contributed by atoms with van der Waals surface area (Å²) in [7, 11) is -2.70. The lowest BCUT2D eigenvalue weighted by Gasteiger charge is -2.04. The van der Waals surface area contributed by atoms with Gasteiger partial charge in [0.05, 0.1) is 0 Å². The zero-order valence-corrected chi connectivity index (χ0v) is 10.2. The predicted octanol–water partition coefficient (Wildman–Crippen LogP) is -0.0584. The van der Waals surface area contributed by atoms with Crippen LogP contribution < -0.4 is 5.09 Å². The molecule has 0 amide bonds. The molecular weight excluding hydrogens is 259 g/mol. The van der Waals surface area contributed by atoms with Gasteiger partial charge in [-0.1, -0.05) is 0 Å². The molecule has 0 fully saturated rings. The first-order chi connectivity index (χ1) is 8.58. The molecule has 96 valence electrons. The Labute approximate surface area is 102 Å². The average molecular weight is 270 g/mol. The highest BCUT2D eigenvalue weighted by Crippen LogP contribution is 2.09. The van der Waals surface area contributed by atoms with Gasteiger partial charge in [-0.15, -0.1) is 0 Å². The van der Waals surface area contributed by atoms with Crippen molar-refractivity contribution in [3.63, 3.8) is 0 Å². The number of aromatic nitrogens is 3. The molecule has 2 aromatic heterocycles. The summed E-state index contributed by atoms with van der Waals surface area (Å²) in [4.78, 5) is 27.2. The van der Waals surface area contributed by atoms with Gasteiger partial charge in [0.1, 0.15) is 0 Å². The molecule has 0 spiro atoms. The van der Waals surface area contributed by atoms with E-state index >= 15 is 0 Å². The van der Waals surface area contributed by atoms with Gasteiger partial charge >= 0.3 is 5.97 Å². The van der Waals surface area contributed by atoms with Crippen LogP contribution in [0.2, 0.25) is 0 Å². The van der Waals surface area contributed by atoms with Crippen LogP contribution in [0.15, 0.2) is 18.5 Å². The van der Waals surface area contributed by atoms with E-state index in [2.05, 4.69) is 15.1 Å². The van der Waals surface area contributed by atoms with E-state index in [1.54, 1.807) is 10.5 Å². The van der Waals surface area contributed by atoms with E-state index < -0.39 is 14.1 Å². The Balaban J connectivity index is 2.27. The van der Waals surface area contributed by atoms with Gasteiger partial charge in [0.25, 0.3) is 8.18 Å². The highest BCUT2D eigenvalue weighted by atomic mass is 31.1. The minimum absolute atomic E-state index is 0.0846. The molecule has 0 aromatic carbocycles. The minimum Gasteiger partial charge on any atom is -0.476 e. The van der Waals surface area contributed by atoms with Crippen molar-refractivity contribution in [1.29, 1.82) is 0 Å². The third-order valence-corrected chi connectivity index (χ3v) is 2.88. The van der Waals surface area contributed by atoms with Crippen LogP contribution >= 0.6 is 8.18 Å². The number of aromatic carboxylic acids is 1. The number of carboxylic acids is 1. The molecular formula is C9H11N4O4P. The quantitative estimate of drug-likeness (QED) is 0.651. The maximum Gasteiger partial charge on any atom is 0.356 e. The van der Waals surface area contributed by atoms with Crippen molar-refractivity contribution in [2.75, 3.05) is 6.54 Å². The van der Waals surface area contributed by atoms with Crippen molar-refractivity contribution < 1.29 is 19.4 Å². The fraction of sp³-hybridized carbons (Fsp3) is 0.222. The smallest absolute Gasteiger partial charge is 0.356 e. The Morgan fingerprint density at radius 3 is 3.00 bits per heavy atom. The molecule has 1 unspecified atom stereocenters. The third kappa shape index (κ3) is 2.73. The van der Waals surface area contributed by atoms with Gasteiger partial charge in [0, 0.05) is 31.1 Å². The third-order valence-electron chi connectivity index (χ3n) is 2.33. The summed E-state index contributed by atoms with van der Waals surface area (Å²) in [5.74, 6) is -0.827. The molecule has 0 bridgehead atoms. The number of carbonyl (C=O) groups is 1. The van der Waals surface area contributed by atoms with Crippen molar-refractivity contribution in [2.24, 2.45) is 0 Å². The van der Waals surface area contributed by atoms with Crippen molar-refractivity contribution in [1.82, 2.24) is 19.5 Å². The SMILES string of the molecule is O=C(O)c1cn2c(CCN[PH](=O)O)ccnc2n1. The second kappa shape index (κ2) is 5.26. The lowest BCUT2D eigenvalue weighted by molar-refractivity contribution is 0.0691. The molecule has 3 N–H and O–H groups in total. The predicted molar refractivity (Wildman–Crippen MR) is 62.9 cm³/mol. The van der Waals surface area contributed by atoms with Gasteiger partial charge < -0.3 is 10.00 Å². The zero-order valence-electron chi connectivity index (χ0n) is 9.20. The summed E-state index contributed by atoms with van der Waals surface area (Å²) < 4.78 is 12.1. The Bertz CT molecular complexity index is 612. The second-order valence-corrected chi connectivity index (χ2v) is 4.48. The Morgan fingerprint density at radius 1 is 1.56 bits per heavy atom. The van der Waals surface area contributed by atoms with E-state index in [4.69, 9.17) is 10.00 Å². The number of hydrogen-bond donors (Lipinski definition) is 3. The van der Waals surface area contributed by atoms with E-state index in [0.717, 1.165) is 5.69 Å². The summed E-state index contributed by atoms with van der Waals surface area (Å²) in [6.07, 6.45) is 3.36. The highest BCUT2D eigenvalue weighted by Gasteiger charge is 2.11. The molecule has 8 nitrogen and oxygen atoms in total. The molecule has 0 aliphatic heterocycles. The van der Waals surface area contributed by atoms with Gasteiger partial charge in [-0.05, 0) is 6.07 Å². The number of hydrogen-bond acceptors (Lipinski definition) is 4. The lowest BCUT2D eigenvalue weighted by Crippen LogP contribution is -2.10. The Morgan fingerprint density at radius 2 is 2.33 bits per heavy atom. The molecule has 2 rings (SSSR count). The molecule has 9 heteroatoms. The van der Waals surface area contributed by atoms with Crippen molar-refractivity contribution >= 4 is 19.9 Å². The highest BCUT2D eigenvalue weighted by molar-refractivity contribution is 7.35. The van der Waals surface area contributed by atoms with Crippen LogP contribution in [0.5, 0.6) is 0 Å². The molecule has 0 aliphatic rings. The molecule has 2 aromatic rings. The average Bonchev–Trinajstić information content (AvgIpc) is 2.73. The van der Waals surface area contributed by atoms with Crippen molar-refractivity contribution in [2.45, 2.75) is 6.42 Å². The zero-order chi connectivity index (χ0) is 13.1. The summed E-state index contributed by atoms with van der Waals surface area (Å²) in [5.41, 5.74) is 0.675. The molecule has 0 aliphatic carbocycles. The van der Waals surface area contributed by atoms with Gasteiger partial charge in [-0.25, -0.2) is 19.8 Å². The number of nitrogens with zero attached hydrogens (tertiary/aromatic N) is 3. The summed E-state index contributed by atoms with van der Waals surface area (Å²) in [5, 5.41) is 11.3. The number of nitrogens with one attached hydrogen (secondary N) is 1. The van der Waals surface area contributed by atoms with Crippen molar-refractivity contribution in [3.8, 4) is 0 Å². The maximum absolute atomic E-state index is 10.8. The largest absolute Gasteiger partial charge is 0.476 e. The number of fused-ring (bicyclic) bond motifs is 1. The normalized spacial score (nSPS) is 12.7.